The van der Waals surface area contributed by atoms with Gasteiger partial charge in [0.1, 0.15) is 5.78 Å². The van der Waals surface area contributed by atoms with Crippen molar-refractivity contribution < 1.29 is 4.79 Å². The third-order valence-electron chi connectivity index (χ3n) is 2.24. The monoisotopic (exact) mass is 244 g/mol. The molecule has 0 radical (unpaired) electrons. The Hall–Kier alpha value is -0.530. The maximum atomic E-state index is 11.4. The molecule has 1 nitrogen and oxygen atoms in total. The number of carbonyl (C=O) groups excluding carboxylic acids is 1. The van der Waals surface area contributed by atoms with Crippen LogP contribution >= 0.6 is 23.2 Å². The summed E-state index contributed by atoms with van der Waals surface area (Å²) in [6.45, 7) is 2.00. The first-order valence-corrected chi connectivity index (χ1v) is 5.85. The summed E-state index contributed by atoms with van der Waals surface area (Å²) in [5.74, 6) is 0.272. The first-order chi connectivity index (χ1) is 7.15. The van der Waals surface area contributed by atoms with Crippen molar-refractivity contribution in [1.82, 2.24) is 0 Å². The first-order valence-electron chi connectivity index (χ1n) is 5.09. The lowest BCUT2D eigenvalue weighted by Gasteiger charge is -2.05. The van der Waals surface area contributed by atoms with E-state index in [9.17, 15) is 4.79 Å². The molecule has 0 bridgehead atoms. The Morgan fingerprint density at radius 3 is 2.33 bits per heavy atom. The molecule has 0 saturated carbocycles. The Labute approximate surface area is 100 Å². The fourth-order valence-electron chi connectivity index (χ4n) is 1.44. The summed E-state index contributed by atoms with van der Waals surface area (Å²) in [6, 6.07) is 5.40. The molecule has 1 aromatic carbocycles. The van der Waals surface area contributed by atoms with E-state index in [1.165, 1.54) is 0 Å². The SMILES string of the molecule is CCCC(=O)CCc1c(Cl)cccc1Cl. The maximum absolute atomic E-state index is 11.4. The van der Waals surface area contributed by atoms with Crippen molar-refractivity contribution in [2.24, 2.45) is 0 Å². The van der Waals surface area contributed by atoms with Crippen LogP contribution in [0.15, 0.2) is 18.2 Å². The number of ketones is 1. The largest absolute Gasteiger partial charge is 0.300 e. The van der Waals surface area contributed by atoms with Gasteiger partial charge in [-0.05, 0) is 30.5 Å². The van der Waals surface area contributed by atoms with Gasteiger partial charge in [0.25, 0.3) is 0 Å². The topological polar surface area (TPSA) is 17.1 Å². The molecule has 82 valence electrons. The lowest BCUT2D eigenvalue weighted by molar-refractivity contribution is -0.119. The van der Waals surface area contributed by atoms with Gasteiger partial charge >= 0.3 is 0 Å². The van der Waals surface area contributed by atoms with Crippen LogP contribution in [0.4, 0.5) is 0 Å². The van der Waals surface area contributed by atoms with Crippen LogP contribution < -0.4 is 0 Å². The zero-order valence-electron chi connectivity index (χ0n) is 8.72. The Morgan fingerprint density at radius 2 is 1.80 bits per heavy atom. The number of halogens is 2. The van der Waals surface area contributed by atoms with Gasteiger partial charge in [0.05, 0.1) is 0 Å². The minimum atomic E-state index is 0.272. The quantitative estimate of drug-likeness (QED) is 0.756. The number of Topliss-reactive ketones (excluding diaryl/α,β-unsaturated/α-hetero) is 1. The summed E-state index contributed by atoms with van der Waals surface area (Å²) in [7, 11) is 0. The van der Waals surface area contributed by atoms with Crippen LogP contribution in [-0.2, 0) is 11.2 Å². The number of hydrogen-bond acceptors (Lipinski definition) is 1. The predicted octanol–water partition coefficient (Wildman–Crippen LogP) is 4.30. The zero-order chi connectivity index (χ0) is 11.3. The van der Waals surface area contributed by atoms with Gasteiger partial charge in [0.2, 0.25) is 0 Å². The molecule has 0 aliphatic rings. The molecule has 0 spiro atoms. The first kappa shape index (κ1) is 12.5. The highest BCUT2D eigenvalue weighted by Gasteiger charge is 2.07. The summed E-state index contributed by atoms with van der Waals surface area (Å²) >= 11 is 12.0. The third kappa shape index (κ3) is 3.84. The van der Waals surface area contributed by atoms with E-state index < -0.39 is 0 Å². The molecular weight excluding hydrogens is 231 g/mol. The molecule has 1 rings (SSSR count). The van der Waals surface area contributed by atoms with Crippen molar-refractivity contribution in [2.75, 3.05) is 0 Å². The Morgan fingerprint density at radius 1 is 1.20 bits per heavy atom. The second kappa shape index (κ2) is 6.14. The average molecular weight is 245 g/mol. The molecule has 0 heterocycles. The van der Waals surface area contributed by atoms with E-state index in [4.69, 9.17) is 23.2 Å². The van der Waals surface area contributed by atoms with Crippen molar-refractivity contribution in [3.8, 4) is 0 Å². The van der Waals surface area contributed by atoms with Gasteiger partial charge in [-0.1, -0.05) is 36.2 Å². The smallest absolute Gasteiger partial charge is 0.133 e. The summed E-state index contributed by atoms with van der Waals surface area (Å²) in [5, 5.41) is 1.29. The molecule has 0 amide bonds. The van der Waals surface area contributed by atoms with Gasteiger partial charge < -0.3 is 0 Å². The summed E-state index contributed by atoms with van der Waals surface area (Å²) in [5.41, 5.74) is 0.880. The minimum absolute atomic E-state index is 0.272. The summed E-state index contributed by atoms with van der Waals surface area (Å²) in [6.07, 6.45) is 2.70. The molecule has 0 fully saturated rings. The fraction of sp³-hybridized carbons (Fsp3) is 0.417. The molecule has 0 aliphatic carbocycles. The van der Waals surface area contributed by atoms with E-state index in [1.54, 1.807) is 12.1 Å². The van der Waals surface area contributed by atoms with Gasteiger partial charge in [-0.2, -0.15) is 0 Å². The average Bonchev–Trinajstić information content (AvgIpc) is 2.17. The molecular formula is C12H14Cl2O. The highest BCUT2D eigenvalue weighted by molar-refractivity contribution is 6.36. The molecule has 0 atom stereocenters. The molecule has 3 heteroatoms. The third-order valence-corrected chi connectivity index (χ3v) is 2.95. The number of carbonyl (C=O) groups is 1. The highest BCUT2D eigenvalue weighted by atomic mass is 35.5. The standard InChI is InChI=1S/C12H14Cl2O/c1-2-4-9(15)7-8-10-11(13)5-3-6-12(10)14/h3,5-6H,2,4,7-8H2,1H3. The van der Waals surface area contributed by atoms with Crippen LogP contribution in [0.3, 0.4) is 0 Å². The van der Waals surface area contributed by atoms with Gasteiger partial charge in [-0.15, -0.1) is 0 Å². The van der Waals surface area contributed by atoms with Crippen LogP contribution in [0.1, 0.15) is 31.7 Å². The maximum Gasteiger partial charge on any atom is 0.133 e. The second-order valence-electron chi connectivity index (χ2n) is 3.49. The van der Waals surface area contributed by atoms with Gasteiger partial charge in [-0.25, -0.2) is 0 Å². The zero-order valence-corrected chi connectivity index (χ0v) is 10.2. The van der Waals surface area contributed by atoms with Gasteiger partial charge in [0.15, 0.2) is 0 Å². The van der Waals surface area contributed by atoms with Crippen molar-refractivity contribution in [2.45, 2.75) is 32.6 Å². The Balaban J connectivity index is 2.61. The van der Waals surface area contributed by atoms with E-state index in [0.717, 1.165) is 12.0 Å². The predicted molar refractivity (Wildman–Crippen MR) is 64.7 cm³/mol. The molecule has 0 saturated heterocycles. The number of rotatable bonds is 5. The van der Waals surface area contributed by atoms with E-state index in [-0.39, 0.29) is 5.78 Å². The van der Waals surface area contributed by atoms with Crippen LogP contribution in [0.25, 0.3) is 0 Å². The number of benzene rings is 1. The van der Waals surface area contributed by atoms with Crippen LogP contribution in [0, 0.1) is 0 Å². The van der Waals surface area contributed by atoms with E-state index in [1.807, 2.05) is 13.0 Å². The van der Waals surface area contributed by atoms with E-state index in [2.05, 4.69) is 0 Å². The molecule has 0 aromatic heterocycles. The normalized spacial score (nSPS) is 10.3. The molecule has 0 N–H and O–H groups in total. The van der Waals surface area contributed by atoms with Crippen LogP contribution in [0.5, 0.6) is 0 Å². The Bertz CT molecular complexity index is 327. The minimum Gasteiger partial charge on any atom is -0.300 e. The second-order valence-corrected chi connectivity index (χ2v) is 4.30. The lowest BCUT2D eigenvalue weighted by atomic mass is 10.1. The molecule has 15 heavy (non-hydrogen) atoms. The van der Waals surface area contributed by atoms with Crippen molar-refractivity contribution >= 4 is 29.0 Å². The van der Waals surface area contributed by atoms with Crippen LogP contribution in [0.2, 0.25) is 10.0 Å². The molecule has 0 aliphatic heterocycles. The van der Waals surface area contributed by atoms with E-state index >= 15 is 0 Å². The van der Waals surface area contributed by atoms with Crippen molar-refractivity contribution in [3.63, 3.8) is 0 Å². The molecule has 0 unspecified atom stereocenters. The van der Waals surface area contributed by atoms with Crippen molar-refractivity contribution in [1.29, 1.82) is 0 Å². The number of hydrogen-bond donors (Lipinski definition) is 0. The highest BCUT2D eigenvalue weighted by Crippen LogP contribution is 2.25. The van der Waals surface area contributed by atoms with Gasteiger partial charge in [-0.3, -0.25) is 4.79 Å². The summed E-state index contributed by atoms with van der Waals surface area (Å²) in [4.78, 5) is 11.4. The van der Waals surface area contributed by atoms with Gasteiger partial charge in [0, 0.05) is 22.9 Å². The molecule has 1 aromatic rings. The van der Waals surface area contributed by atoms with E-state index in [0.29, 0.717) is 29.3 Å². The summed E-state index contributed by atoms with van der Waals surface area (Å²) < 4.78 is 0. The van der Waals surface area contributed by atoms with Crippen LogP contribution in [-0.4, -0.2) is 5.78 Å². The fourth-order valence-corrected chi connectivity index (χ4v) is 2.03. The lowest BCUT2D eigenvalue weighted by Crippen LogP contribution is -2.00. The van der Waals surface area contributed by atoms with Crippen molar-refractivity contribution in [3.05, 3.63) is 33.8 Å². The Kier molecular flexibility index (Phi) is 5.13.